The van der Waals surface area contributed by atoms with Crippen molar-refractivity contribution in [3.05, 3.63) is 35.1 Å². The van der Waals surface area contributed by atoms with Crippen LogP contribution in [-0.2, 0) is 0 Å². The molecule has 1 fully saturated rings. The minimum absolute atomic E-state index is 0.150. The summed E-state index contributed by atoms with van der Waals surface area (Å²) in [6, 6.07) is 5.90. The lowest BCUT2D eigenvalue weighted by Crippen LogP contribution is -2.48. The molecule has 2 rings (SSSR count). The molecule has 2 unspecified atom stereocenters. The average Bonchev–Trinajstić information content (AvgIpc) is 2.38. The van der Waals surface area contributed by atoms with Crippen LogP contribution in [-0.4, -0.2) is 42.6 Å². The summed E-state index contributed by atoms with van der Waals surface area (Å²) in [4.78, 5) is 2.42. The van der Waals surface area contributed by atoms with E-state index < -0.39 is 0 Å². The molecule has 0 saturated carbocycles. The van der Waals surface area contributed by atoms with Gasteiger partial charge in [-0.05, 0) is 43.8 Å². The Morgan fingerprint density at radius 2 is 2.32 bits per heavy atom. The topological polar surface area (TPSA) is 15.3 Å². The number of halogens is 1. The second-order valence-electron chi connectivity index (χ2n) is 5.16. The molecule has 1 aliphatic rings. The lowest BCUT2D eigenvalue weighted by Gasteiger charge is -2.38. The minimum Gasteiger partial charge on any atom is -0.309 e. The van der Waals surface area contributed by atoms with E-state index in [1.165, 1.54) is 11.3 Å². The number of thioether (sulfide) groups is 1. The van der Waals surface area contributed by atoms with Gasteiger partial charge in [0.05, 0.1) is 0 Å². The quantitative estimate of drug-likeness (QED) is 0.914. The molecule has 0 amide bonds. The van der Waals surface area contributed by atoms with Gasteiger partial charge in [-0.15, -0.1) is 0 Å². The van der Waals surface area contributed by atoms with Gasteiger partial charge < -0.3 is 5.32 Å². The predicted octanol–water partition coefficient (Wildman–Crippen LogP) is 2.83. The summed E-state index contributed by atoms with van der Waals surface area (Å²) in [6.07, 6.45) is 0. The lowest BCUT2D eigenvalue weighted by molar-refractivity contribution is 0.216. The molecule has 2 nitrogen and oxygen atoms in total. The summed E-state index contributed by atoms with van der Waals surface area (Å²) >= 11 is 2.01. The van der Waals surface area contributed by atoms with Crippen molar-refractivity contribution in [2.75, 3.05) is 31.6 Å². The van der Waals surface area contributed by atoms with Gasteiger partial charge >= 0.3 is 0 Å². The maximum absolute atomic E-state index is 13.3. The molecule has 0 spiro atoms. The molecule has 0 aromatic heterocycles. The van der Waals surface area contributed by atoms with E-state index in [0.717, 1.165) is 24.4 Å². The SMILES string of the molecule is CCNC(c1ccc(F)cc1C)C1CSCCN1C. The number of benzene rings is 1. The van der Waals surface area contributed by atoms with E-state index in [0.29, 0.717) is 6.04 Å². The zero-order chi connectivity index (χ0) is 13.8. The molecule has 0 bridgehead atoms. The predicted molar refractivity (Wildman–Crippen MR) is 81.3 cm³/mol. The molecule has 19 heavy (non-hydrogen) atoms. The molecule has 1 saturated heterocycles. The fraction of sp³-hybridized carbons (Fsp3) is 0.600. The Morgan fingerprint density at radius 3 is 2.95 bits per heavy atom. The summed E-state index contributed by atoms with van der Waals surface area (Å²) in [6.45, 7) is 6.18. The van der Waals surface area contributed by atoms with Crippen LogP contribution in [0.15, 0.2) is 18.2 Å². The highest BCUT2D eigenvalue weighted by Crippen LogP contribution is 2.29. The second kappa shape index (κ2) is 6.73. The van der Waals surface area contributed by atoms with Crippen molar-refractivity contribution in [2.24, 2.45) is 0 Å². The number of likely N-dealkylation sites (N-methyl/N-ethyl adjacent to an activating group) is 2. The van der Waals surface area contributed by atoms with E-state index >= 15 is 0 Å². The highest BCUT2D eigenvalue weighted by atomic mass is 32.2. The van der Waals surface area contributed by atoms with Crippen molar-refractivity contribution in [2.45, 2.75) is 25.9 Å². The normalized spacial score (nSPS) is 22.4. The van der Waals surface area contributed by atoms with E-state index in [9.17, 15) is 4.39 Å². The molecular formula is C15H23FN2S. The van der Waals surface area contributed by atoms with Crippen LogP contribution in [0.3, 0.4) is 0 Å². The van der Waals surface area contributed by atoms with Crippen LogP contribution in [0, 0.1) is 12.7 Å². The first kappa shape index (κ1) is 14.8. The fourth-order valence-electron chi connectivity index (χ4n) is 2.72. The Balaban J connectivity index is 2.27. The van der Waals surface area contributed by atoms with Crippen molar-refractivity contribution < 1.29 is 4.39 Å². The summed E-state index contributed by atoms with van der Waals surface area (Å²) in [7, 11) is 2.19. The van der Waals surface area contributed by atoms with Crippen LogP contribution >= 0.6 is 11.8 Å². The van der Waals surface area contributed by atoms with Gasteiger partial charge in [0.2, 0.25) is 0 Å². The van der Waals surface area contributed by atoms with Gasteiger partial charge in [-0.2, -0.15) is 11.8 Å². The zero-order valence-electron chi connectivity index (χ0n) is 11.9. The molecule has 1 aromatic rings. The van der Waals surface area contributed by atoms with Crippen LogP contribution in [0.25, 0.3) is 0 Å². The molecule has 4 heteroatoms. The van der Waals surface area contributed by atoms with Crippen molar-refractivity contribution >= 4 is 11.8 Å². The van der Waals surface area contributed by atoms with E-state index in [-0.39, 0.29) is 11.9 Å². The monoisotopic (exact) mass is 282 g/mol. The van der Waals surface area contributed by atoms with Gasteiger partial charge in [-0.25, -0.2) is 4.39 Å². The third kappa shape index (κ3) is 3.50. The number of nitrogens with one attached hydrogen (secondary N) is 1. The molecule has 1 aromatic carbocycles. The number of hydrogen-bond donors (Lipinski definition) is 1. The molecule has 106 valence electrons. The lowest BCUT2D eigenvalue weighted by atomic mass is 9.95. The average molecular weight is 282 g/mol. The van der Waals surface area contributed by atoms with Crippen molar-refractivity contribution in [1.29, 1.82) is 0 Å². The van der Waals surface area contributed by atoms with Crippen LogP contribution in [0.5, 0.6) is 0 Å². The molecule has 0 radical (unpaired) electrons. The number of rotatable bonds is 4. The van der Waals surface area contributed by atoms with Gasteiger partial charge in [0.15, 0.2) is 0 Å². The Kier molecular flexibility index (Phi) is 5.25. The van der Waals surface area contributed by atoms with Crippen molar-refractivity contribution in [1.82, 2.24) is 10.2 Å². The number of nitrogens with zero attached hydrogens (tertiary/aromatic N) is 1. The van der Waals surface area contributed by atoms with Crippen LogP contribution in [0.1, 0.15) is 24.1 Å². The van der Waals surface area contributed by atoms with Gasteiger partial charge in [0, 0.05) is 30.1 Å². The standard InChI is InChI=1S/C15H23FN2S/c1-4-17-15(14-10-19-8-7-18(14)3)13-6-5-12(16)9-11(13)2/h5-6,9,14-15,17H,4,7-8,10H2,1-3H3. The summed E-state index contributed by atoms with van der Waals surface area (Å²) < 4.78 is 13.3. The summed E-state index contributed by atoms with van der Waals surface area (Å²) in [5, 5.41) is 3.58. The van der Waals surface area contributed by atoms with E-state index in [4.69, 9.17) is 0 Å². The second-order valence-corrected chi connectivity index (χ2v) is 6.31. The maximum atomic E-state index is 13.3. The van der Waals surface area contributed by atoms with Gasteiger partial charge in [-0.3, -0.25) is 4.90 Å². The van der Waals surface area contributed by atoms with Crippen LogP contribution in [0.2, 0.25) is 0 Å². The first-order valence-electron chi connectivity index (χ1n) is 6.91. The highest BCUT2D eigenvalue weighted by molar-refractivity contribution is 7.99. The van der Waals surface area contributed by atoms with E-state index in [2.05, 4.69) is 24.2 Å². The third-order valence-electron chi connectivity index (χ3n) is 3.82. The summed E-state index contributed by atoms with van der Waals surface area (Å²) in [5.41, 5.74) is 2.26. The Labute approximate surface area is 119 Å². The molecule has 1 aliphatic heterocycles. The molecule has 1 heterocycles. The number of aryl methyl sites for hydroxylation is 1. The van der Waals surface area contributed by atoms with Gasteiger partial charge in [0.1, 0.15) is 5.82 Å². The Hall–Kier alpha value is -0.580. The smallest absolute Gasteiger partial charge is 0.123 e. The fourth-order valence-corrected chi connectivity index (χ4v) is 3.99. The maximum Gasteiger partial charge on any atom is 0.123 e. The van der Waals surface area contributed by atoms with Gasteiger partial charge in [-0.1, -0.05) is 13.0 Å². The number of hydrogen-bond acceptors (Lipinski definition) is 3. The van der Waals surface area contributed by atoms with E-state index in [1.54, 1.807) is 12.1 Å². The van der Waals surface area contributed by atoms with Crippen molar-refractivity contribution in [3.8, 4) is 0 Å². The molecule has 0 aliphatic carbocycles. The van der Waals surface area contributed by atoms with Crippen molar-refractivity contribution in [3.63, 3.8) is 0 Å². The highest BCUT2D eigenvalue weighted by Gasteiger charge is 2.29. The molecular weight excluding hydrogens is 259 g/mol. The first-order chi connectivity index (χ1) is 9.13. The third-order valence-corrected chi connectivity index (χ3v) is 4.87. The molecule has 2 atom stereocenters. The van der Waals surface area contributed by atoms with Crippen LogP contribution < -0.4 is 5.32 Å². The first-order valence-corrected chi connectivity index (χ1v) is 8.06. The summed E-state index contributed by atoms with van der Waals surface area (Å²) in [5.74, 6) is 2.18. The Bertz CT molecular complexity index is 425. The largest absolute Gasteiger partial charge is 0.309 e. The zero-order valence-corrected chi connectivity index (χ0v) is 12.8. The van der Waals surface area contributed by atoms with Gasteiger partial charge in [0.25, 0.3) is 0 Å². The Morgan fingerprint density at radius 1 is 1.53 bits per heavy atom. The minimum atomic E-state index is -0.150. The van der Waals surface area contributed by atoms with Crippen LogP contribution in [0.4, 0.5) is 4.39 Å². The van der Waals surface area contributed by atoms with E-state index in [1.807, 2.05) is 24.8 Å². The molecule has 1 N–H and O–H groups in total.